The summed E-state index contributed by atoms with van der Waals surface area (Å²) in [5.74, 6) is 0.0198. The van der Waals surface area contributed by atoms with Crippen LogP contribution in [-0.4, -0.2) is 34.0 Å². The summed E-state index contributed by atoms with van der Waals surface area (Å²) >= 11 is 0. The van der Waals surface area contributed by atoms with Gasteiger partial charge in [-0.15, -0.1) is 0 Å². The minimum Gasteiger partial charge on any atom is -0.504 e. The van der Waals surface area contributed by atoms with Crippen molar-refractivity contribution in [2.45, 2.75) is 20.8 Å². The van der Waals surface area contributed by atoms with Crippen LogP contribution in [0.1, 0.15) is 34.1 Å². The fourth-order valence-electron chi connectivity index (χ4n) is 2.59. The topological polar surface area (TPSA) is 99.6 Å². The van der Waals surface area contributed by atoms with Gasteiger partial charge < -0.3 is 9.84 Å². The molecule has 2 aromatic carbocycles. The maximum Gasteiger partial charge on any atom is 0.289 e. The maximum absolute atomic E-state index is 12.3. The van der Waals surface area contributed by atoms with Crippen LogP contribution in [0.25, 0.3) is 11.3 Å². The third-order valence-electron chi connectivity index (χ3n) is 4.29. The molecule has 1 aromatic heterocycles. The maximum atomic E-state index is 12.3. The molecule has 0 fully saturated rings. The number of H-pyrrole nitrogens is 1. The van der Waals surface area contributed by atoms with Gasteiger partial charge in [0.05, 0.1) is 18.5 Å². The molecule has 3 N–H and O–H groups in total. The Balaban J connectivity index is 1.67. The highest BCUT2D eigenvalue weighted by Gasteiger charge is 2.11. The van der Waals surface area contributed by atoms with Crippen molar-refractivity contribution in [2.75, 3.05) is 6.61 Å². The molecule has 28 heavy (non-hydrogen) atoms. The first-order valence-electron chi connectivity index (χ1n) is 8.90. The summed E-state index contributed by atoms with van der Waals surface area (Å²) in [6.45, 7) is 6.35. The highest BCUT2D eigenvalue weighted by atomic mass is 16.5. The van der Waals surface area contributed by atoms with Crippen LogP contribution in [0.5, 0.6) is 11.5 Å². The molecular formula is C21H22N4O3. The van der Waals surface area contributed by atoms with Gasteiger partial charge in [-0.25, -0.2) is 5.43 Å². The molecule has 0 aliphatic carbocycles. The van der Waals surface area contributed by atoms with Crippen LogP contribution < -0.4 is 10.2 Å². The number of amides is 1. The van der Waals surface area contributed by atoms with Gasteiger partial charge in [-0.2, -0.15) is 10.2 Å². The minimum atomic E-state index is -0.400. The molecule has 3 rings (SSSR count). The van der Waals surface area contributed by atoms with E-state index in [1.54, 1.807) is 18.2 Å². The molecule has 0 saturated carbocycles. The average molecular weight is 378 g/mol. The number of nitrogens with one attached hydrogen (secondary N) is 2. The van der Waals surface area contributed by atoms with Crippen molar-refractivity contribution in [3.05, 3.63) is 64.8 Å². The predicted molar refractivity (Wildman–Crippen MR) is 108 cm³/mol. The van der Waals surface area contributed by atoms with Crippen LogP contribution >= 0.6 is 0 Å². The quantitative estimate of drug-likeness (QED) is 0.451. The number of aromatic nitrogens is 2. The monoisotopic (exact) mass is 378 g/mol. The van der Waals surface area contributed by atoms with Crippen molar-refractivity contribution in [3.63, 3.8) is 0 Å². The SMILES string of the molecule is CCOc1cc(/C=N/NC(=O)c2cc(-c3ccc(C)c(C)c3)n[nH]2)ccc1O. The number of ether oxygens (including phenoxy) is 1. The first kappa shape index (κ1) is 19.2. The number of benzene rings is 2. The number of carbonyl (C=O) groups is 1. The van der Waals surface area contributed by atoms with Crippen molar-refractivity contribution in [1.82, 2.24) is 15.6 Å². The largest absolute Gasteiger partial charge is 0.504 e. The third kappa shape index (κ3) is 4.37. The van der Waals surface area contributed by atoms with Gasteiger partial charge in [0.1, 0.15) is 5.69 Å². The van der Waals surface area contributed by atoms with Crippen molar-refractivity contribution in [2.24, 2.45) is 5.10 Å². The lowest BCUT2D eigenvalue weighted by Gasteiger charge is -2.05. The van der Waals surface area contributed by atoms with Crippen LogP contribution in [0, 0.1) is 13.8 Å². The number of phenols is 1. The number of hydrogen-bond acceptors (Lipinski definition) is 5. The van der Waals surface area contributed by atoms with Gasteiger partial charge in [0.15, 0.2) is 11.5 Å². The summed E-state index contributed by atoms with van der Waals surface area (Å²) in [5.41, 5.74) is 7.44. The van der Waals surface area contributed by atoms with Crippen molar-refractivity contribution in [1.29, 1.82) is 0 Å². The van der Waals surface area contributed by atoms with Crippen LogP contribution in [0.3, 0.4) is 0 Å². The van der Waals surface area contributed by atoms with E-state index in [1.165, 1.54) is 17.8 Å². The molecule has 0 spiro atoms. The third-order valence-corrected chi connectivity index (χ3v) is 4.29. The van der Waals surface area contributed by atoms with Gasteiger partial charge in [0, 0.05) is 5.56 Å². The number of carbonyl (C=O) groups excluding carboxylic acids is 1. The molecule has 7 heteroatoms. The van der Waals surface area contributed by atoms with E-state index in [1.807, 2.05) is 39.0 Å². The zero-order valence-electron chi connectivity index (χ0n) is 16.0. The van der Waals surface area contributed by atoms with Crippen LogP contribution in [0.15, 0.2) is 47.6 Å². The molecule has 7 nitrogen and oxygen atoms in total. The number of hydrogen-bond donors (Lipinski definition) is 3. The summed E-state index contributed by atoms with van der Waals surface area (Å²) in [7, 11) is 0. The lowest BCUT2D eigenvalue weighted by molar-refractivity contribution is 0.0950. The lowest BCUT2D eigenvalue weighted by Crippen LogP contribution is -2.18. The normalized spacial score (nSPS) is 11.0. The van der Waals surface area contributed by atoms with Crippen LogP contribution in [0.2, 0.25) is 0 Å². The molecule has 0 saturated heterocycles. The molecule has 0 unspecified atom stereocenters. The standard InChI is InChI=1S/C21H22N4O3/c1-4-28-20-10-15(6-8-19(20)26)12-22-25-21(27)18-11-17(23-24-18)16-7-5-13(2)14(3)9-16/h5-12,26H,4H2,1-3H3,(H,23,24)(H,25,27)/b22-12+. The Labute approximate surface area is 163 Å². The van der Waals surface area contributed by atoms with E-state index in [0.29, 0.717) is 29.3 Å². The molecule has 1 heterocycles. The van der Waals surface area contributed by atoms with Gasteiger partial charge in [0.2, 0.25) is 0 Å². The Kier molecular flexibility index (Phi) is 5.74. The predicted octanol–water partition coefficient (Wildman–Crippen LogP) is 3.56. The van der Waals surface area contributed by atoms with Gasteiger partial charge in [0.25, 0.3) is 5.91 Å². The van der Waals surface area contributed by atoms with Gasteiger partial charge in [-0.05, 0) is 67.8 Å². The first-order chi connectivity index (χ1) is 13.5. The highest BCUT2D eigenvalue weighted by Crippen LogP contribution is 2.26. The van der Waals surface area contributed by atoms with Crippen molar-refractivity contribution < 1.29 is 14.6 Å². The average Bonchev–Trinajstić information content (AvgIpc) is 3.17. The Morgan fingerprint density at radius 3 is 2.79 bits per heavy atom. The molecular weight excluding hydrogens is 356 g/mol. The summed E-state index contributed by atoms with van der Waals surface area (Å²) in [5, 5.41) is 20.6. The molecule has 0 radical (unpaired) electrons. The lowest BCUT2D eigenvalue weighted by atomic mass is 10.0. The Morgan fingerprint density at radius 1 is 1.21 bits per heavy atom. The van der Waals surface area contributed by atoms with Crippen molar-refractivity contribution >= 4 is 12.1 Å². The van der Waals surface area contributed by atoms with Crippen LogP contribution in [-0.2, 0) is 0 Å². The molecule has 0 bridgehead atoms. The van der Waals surface area contributed by atoms with E-state index in [9.17, 15) is 9.90 Å². The van der Waals surface area contributed by atoms with Crippen LogP contribution in [0.4, 0.5) is 0 Å². The Hall–Kier alpha value is -3.61. The Bertz CT molecular complexity index is 1020. The molecule has 0 aliphatic heterocycles. The minimum absolute atomic E-state index is 0.0550. The molecule has 1 amide bonds. The second kappa shape index (κ2) is 8.39. The summed E-state index contributed by atoms with van der Waals surface area (Å²) in [6, 6.07) is 12.5. The second-order valence-electron chi connectivity index (χ2n) is 6.33. The zero-order chi connectivity index (χ0) is 20.1. The first-order valence-corrected chi connectivity index (χ1v) is 8.90. The second-order valence-corrected chi connectivity index (χ2v) is 6.33. The molecule has 0 aliphatic rings. The fraction of sp³-hybridized carbons (Fsp3) is 0.190. The molecule has 144 valence electrons. The van der Waals surface area contributed by atoms with E-state index in [2.05, 4.69) is 20.7 Å². The molecule has 3 aromatic rings. The summed E-state index contributed by atoms with van der Waals surface area (Å²) in [6.07, 6.45) is 1.47. The van der Waals surface area contributed by atoms with E-state index in [0.717, 1.165) is 11.1 Å². The van der Waals surface area contributed by atoms with E-state index < -0.39 is 5.91 Å². The summed E-state index contributed by atoms with van der Waals surface area (Å²) < 4.78 is 5.32. The van der Waals surface area contributed by atoms with Gasteiger partial charge in [-0.1, -0.05) is 12.1 Å². The summed E-state index contributed by atoms with van der Waals surface area (Å²) in [4.78, 5) is 12.3. The number of hydrazone groups is 1. The number of aryl methyl sites for hydroxylation is 2. The van der Waals surface area contributed by atoms with Gasteiger partial charge >= 0.3 is 0 Å². The fourth-order valence-corrected chi connectivity index (χ4v) is 2.59. The van der Waals surface area contributed by atoms with E-state index >= 15 is 0 Å². The number of aromatic hydroxyl groups is 1. The zero-order valence-corrected chi connectivity index (χ0v) is 16.0. The van der Waals surface area contributed by atoms with E-state index in [-0.39, 0.29) is 5.75 Å². The van der Waals surface area contributed by atoms with Gasteiger partial charge in [-0.3, -0.25) is 9.89 Å². The number of aromatic amines is 1. The number of phenolic OH excluding ortho intramolecular Hbond substituents is 1. The highest BCUT2D eigenvalue weighted by molar-refractivity contribution is 5.94. The molecule has 0 atom stereocenters. The number of rotatable bonds is 6. The van der Waals surface area contributed by atoms with Crippen molar-refractivity contribution in [3.8, 4) is 22.8 Å². The number of nitrogens with zero attached hydrogens (tertiary/aromatic N) is 2. The Morgan fingerprint density at radius 2 is 2.04 bits per heavy atom. The smallest absolute Gasteiger partial charge is 0.289 e. The van der Waals surface area contributed by atoms with E-state index in [4.69, 9.17) is 4.74 Å².